The lowest BCUT2D eigenvalue weighted by Gasteiger charge is -2.41. The van der Waals surface area contributed by atoms with Gasteiger partial charge in [-0.15, -0.1) is 10.2 Å². The number of hydrogen-bond acceptors (Lipinski definition) is 5. The molecule has 2 aromatic rings. The number of ether oxygens (including phenoxy) is 1. The average molecular weight is 381 g/mol. The lowest BCUT2D eigenvalue weighted by Crippen LogP contribution is -2.61. The van der Waals surface area contributed by atoms with Crippen molar-refractivity contribution in [3.8, 4) is 0 Å². The summed E-state index contributed by atoms with van der Waals surface area (Å²) in [6, 6.07) is 10.9. The summed E-state index contributed by atoms with van der Waals surface area (Å²) in [6.07, 6.45) is -3.55. The predicted molar refractivity (Wildman–Crippen MR) is 91.4 cm³/mol. The number of carbonyl (C=O) groups is 1. The van der Waals surface area contributed by atoms with Crippen molar-refractivity contribution in [2.45, 2.75) is 31.1 Å². The molecular formula is C17H15ClF2N4O2. The number of anilines is 2. The van der Waals surface area contributed by atoms with Gasteiger partial charge in [0.2, 0.25) is 0 Å². The Morgan fingerprint density at radius 1 is 1.35 bits per heavy atom. The minimum atomic E-state index is -2.90. The van der Waals surface area contributed by atoms with E-state index in [1.54, 1.807) is 0 Å². The van der Waals surface area contributed by atoms with Crippen LogP contribution in [0.25, 0.3) is 0 Å². The third kappa shape index (κ3) is 2.69. The van der Waals surface area contributed by atoms with Gasteiger partial charge in [-0.25, -0.2) is 8.78 Å². The zero-order valence-corrected chi connectivity index (χ0v) is 14.3. The molecule has 136 valence electrons. The van der Waals surface area contributed by atoms with Crippen LogP contribution in [0.5, 0.6) is 0 Å². The number of aromatic nitrogens is 2. The molecule has 3 heterocycles. The van der Waals surface area contributed by atoms with Gasteiger partial charge in [0.25, 0.3) is 12.3 Å². The number of hydrogen-bond donors (Lipinski definition) is 1. The normalized spacial score (nSPS) is 24.4. The summed E-state index contributed by atoms with van der Waals surface area (Å²) in [7, 11) is 0. The number of halogens is 3. The van der Waals surface area contributed by atoms with Gasteiger partial charge in [-0.3, -0.25) is 4.79 Å². The van der Waals surface area contributed by atoms with Crippen molar-refractivity contribution in [3.05, 3.63) is 47.1 Å². The van der Waals surface area contributed by atoms with E-state index in [0.29, 0.717) is 5.69 Å². The standard InChI is InChI=1S/C17H15ClF2N4O2/c18-13-6-12-14(23-22-13)21-16(25)17(15(19)20)7-11(8-24(12)17)26-9-10-4-2-1-3-5-10/h1-6,11,15H,7-9H2,(H,21,23,25)/t11-,17-/m1/s1. The van der Waals surface area contributed by atoms with Crippen molar-refractivity contribution in [1.82, 2.24) is 10.2 Å². The number of carbonyl (C=O) groups excluding carboxylic acids is 1. The first-order valence-electron chi connectivity index (χ1n) is 8.06. The summed E-state index contributed by atoms with van der Waals surface area (Å²) in [4.78, 5) is 13.9. The average Bonchev–Trinajstić information content (AvgIpc) is 3.04. The molecule has 0 unspecified atom stereocenters. The Morgan fingerprint density at radius 2 is 2.12 bits per heavy atom. The Kier molecular flexibility index (Phi) is 4.24. The van der Waals surface area contributed by atoms with E-state index < -0.39 is 24.0 Å². The molecule has 0 radical (unpaired) electrons. The van der Waals surface area contributed by atoms with E-state index in [1.807, 2.05) is 30.3 Å². The molecule has 0 aliphatic carbocycles. The fourth-order valence-corrected chi connectivity index (χ4v) is 3.63. The topological polar surface area (TPSA) is 67.4 Å². The smallest absolute Gasteiger partial charge is 0.270 e. The second-order valence-electron chi connectivity index (χ2n) is 6.31. The molecule has 9 heteroatoms. The Bertz CT molecular complexity index is 839. The van der Waals surface area contributed by atoms with Crippen LogP contribution in [0.4, 0.5) is 20.3 Å². The Balaban J connectivity index is 1.63. The third-order valence-corrected chi connectivity index (χ3v) is 4.94. The summed E-state index contributed by atoms with van der Waals surface area (Å²) in [5.74, 6) is -0.679. The maximum absolute atomic E-state index is 14.0. The molecule has 6 nitrogen and oxygen atoms in total. The molecule has 2 atom stereocenters. The van der Waals surface area contributed by atoms with Gasteiger partial charge in [0.15, 0.2) is 16.5 Å². The van der Waals surface area contributed by atoms with Gasteiger partial charge in [-0.05, 0) is 5.56 Å². The number of benzene rings is 1. The number of alkyl halides is 2. The summed E-state index contributed by atoms with van der Waals surface area (Å²) < 4.78 is 33.9. The number of nitrogens with one attached hydrogen (secondary N) is 1. The van der Waals surface area contributed by atoms with Crippen LogP contribution in [-0.2, 0) is 16.1 Å². The van der Waals surface area contributed by atoms with E-state index in [0.717, 1.165) is 5.56 Å². The number of amides is 1. The van der Waals surface area contributed by atoms with E-state index in [2.05, 4.69) is 15.5 Å². The Hall–Kier alpha value is -2.32. The van der Waals surface area contributed by atoms with Crippen molar-refractivity contribution in [2.75, 3.05) is 16.8 Å². The molecule has 0 saturated carbocycles. The van der Waals surface area contributed by atoms with Crippen molar-refractivity contribution in [1.29, 1.82) is 0 Å². The molecule has 26 heavy (non-hydrogen) atoms. The van der Waals surface area contributed by atoms with E-state index in [9.17, 15) is 13.6 Å². The molecule has 0 spiro atoms. The maximum atomic E-state index is 14.0. The highest BCUT2D eigenvalue weighted by atomic mass is 35.5. The van der Waals surface area contributed by atoms with E-state index in [4.69, 9.17) is 16.3 Å². The summed E-state index contributed by atoms with van der Waals surface area (Å²) in [6.45, 7) is 0.419. The van der Waals surface area contributed by atoms with Gasteiger partial charge in [-0.2, -0.15) is 0 Å². The second-order valence-corrected chi connectivity index (χ2v) is 6.70. The van der Waals surface area contributed by atoms with Crippen LogP contribution in [-0.4, -0.2) is 40.7 Å². The third-order valence-electron chi connectivity index (χ3n) is 4.76. The van der Waals surface area contributed by atoms with Crippen LogP contribution < -0.4 is 10.2 Å². The quantitative estimate of drug-likeness (QED) is 0.883. The molecular weight excluding hydrogens is 366 g/mol. The van der Waals surface area contributed by atoms with Crippen LogP contribution in [0.3, 0.4) is 0 Å². The predicted octanol–water partition coefficient (Wildman–Crippen LogP) is 2.88. The van der Waals surface area contributed by atoms with E-state index in [-0.39, 0.29) is 30.5 Å². The first-order chi connectivity index (χ1) is 12.5. The van der Waals surface area contributed by atoms with Gasteiger partial charge < -0.3 is 15.0 Å². The summed E-state index contributed by atoms with van der Waals surface area (Å²) in [5, 5.41) is 9.95. The summed E-state index contributed by atoms with van der Waals surface area (Å²) >= 11 is 5.87. The molecule has 2 aliphatic heterocycles. The highest BCUT2D eigenvalue weighted by Gasteiger charge is 2.61. The molecule has 0 bridgehead atoms. The maximum Gasteiger partial charge on any atom is 0.270 e. The number of fused-ring (bicyclic) bond motifs is 3. The van der Waals surface area contributed by atoms with E-state index in [1.165, 1.54) is 11.0 Å². The van der Waals surface area contributed by atoms with Gasteiger partial charge >= 0.3 is 0 Å². The van der Waals surface area contributed by atoms with Crippen LogP contribution in [0.1, 0.15) is 12.0 Å². The van der Waals surface area contributed by atoms with Crippen molar-refractivity contribution in [2.24, 2.45) is 0 Å². The van der Waals surface area contributed by atoms with Gasteiger partial charge in [0.05, 0.1) is 18.4 Å². The highest BCUT2D eigenvalue weighted by Crippen LogP contribution is 2.46. The first kappa shape index (κ1) is 17.1. The summed E-state index contributed by atoms with van der Waals surface area (Å²) in [5.41, 5.74) is -0.737. The second kappa shape index (κ2) is 6.44. The van der Waals surface area contributed by atoms with Crippen molar-refractivity contribution < 1.29 is 18.3 Å². The SMILES string of the molecule is O=C1Nc2nnc(Cl)cc2N2C[C@H](OCc3ccccc3)C[C@@]12C(F)F. The Labute approximate surface area is 153 Å². The molecule has 1 N–H and O–H groups in total. The van der Waals surface area contributed by atoms with Crippen molar-refractivity contribution in [3.63, 3.8) is 0 Å². The van der Waals surface area contributed by atoms with Crippen molar-refractivity contribution >= 4 is 29.0 Å². The highest BCUT2D eigenvalue weighted by molar-refractivity contribution is 6.29. The molecule has 4 rings (SSSR count). The Morgan fingerprint density at radius 3 is 2.85 bits per heavy atom. The number of rotatable bonds is 4. The fraction of sp³-hybridized carbons (Fsp3) is 0.353. The van der Waals surface area contributed by atoms with Gasteiger partial charge in [-0.1, -0.05) is 41.9 Å². The van der Waals surface area contributed by atoms with Crippen LogP contribution in [0.2, 0.25) is 5.15 Å². The molecule has 1 aromatic heterocycles. The minimum Gasteiger partial charge on any atom is -0.372 e. The molecule has 1 saturated heterocycles. The first-order valence-corrected chi connectivity index (χ1v) is 8.44. The zero-order valence-electron chi connectivity index (χ0n) is 13.5. The largest absolute Gasteiger partial charge is 0.372 e. The molecule has 1 amide bonds. The lowest BCUT2D eigenvalue weighted by atomic mass is 9.92. The van der Waals surface area contributed by atoms with E-state index >= 15 is 0 Å². The monoisotopic (exact) mass is 380 g/mol. The van der Waals surface area contributed by atoms with Crippen LogP contribution >= 0.6 is 11.6 Å². The fourth-order valence-electron chi connectivity index (χ4n) is 3.49. The van der Waals surface area contributed by atoms with Crippen LogP contribution in [0.15, 0.2) is 36.4 Å². The van der Waals surface area contributed by atoms with Gasteiger partial charge in [0, 0.05) is 19.0 Å². The zero-order chi connectivity index (χ0) is 18.3. The van der Waals surface area contributed by atoms with Crippen LogP contribution in [0, 0.1) is 0 Å². The molecule has 2 aliphatic rings. The lowest BCUT2D eigenvalue weighted by molar-refractivity contribution is -0.127. The number of nitrogens with zero attached hydrogens (tertiary/aromatic N) is 3. The molecule has 1 aromatic carbocycles. The minimum absolute atomic E-state index is 0.0664. The molecule has 1 fully saturated rings. The van der Waals surface area contributed by atoms with Gasteiger partial charge in [0.1, 0.15) is 0 Å².